The lowest BCUT2D eigenvalue weighted by atomic mass is 10.2. The van der Waals surface area contributed by atoms with E-state index in [1.807, 2.05) is 13.8 Å². The molecule has 0 fully saturated rings. The Balaban J connectivity index is 2.85. The van der Waals surface area contributed by atoms with Crippen LogP contribution >= 0.6 is 11.6 Å². The summed E-state index contributed by atoms with van der Waals surface area (Å²) in [5.41, 5.74) is 7.22. The van der Waals surface area contributed by atoms with Crippen LogP contribution in [0.2, 0.25) is 5.02 Å². The van der Waals surface area contributed by atoms with Crippen LogP contribution in [0.1, 0.15) is 25.8 Å². The molecule has 0 aliphatic carbocycles. The highest BCUT2D eigenvalue weighted by atomic mass is 35.5. The van der Waals surface area contributed by atoms with E-state index in [1.54, 1.807) is 18.2 Å². The molecule has 15 heavy (non-hydrogen) atoms. The molecule has 0 radical (unpaired) electrons. The molecule has 2 nitrogen and oxygen atoms in total. The number of halogens is 1. The zero-order valence-corrected chi connectivity index (χ0v) is 10.6. The molecular formula is C11H16ClNOS. The molecule has 0 spiro atoms. The van der Waals surface area contributed by atoms with E-state index in [0.717, 1.165) is 12.0 Å². The molecule has 2 N–H and O–H groups in total. The Morgan fingerprint density at radius 3 is 2.73 bits per heavy atom. The van der Waals surface area contributed by atoms with Crippen LogP contribution in [0.25, 0.3) is 0 Å². The second-order valence-electron chi connectivity index (χ2n) is 3.55. The molecular weight excluding hydrogens is 230 g/mol. The van der Waals surface area contributed by atoms with Gasteiger partial charge in [-0.15, -0.1) is 0 Å². The van der Waals surface area contributed by atoms with Crippen LogP contribution in [0.3, 0.4) is 0 Å². The number of anilines is 1. The molecule has 84 valence electrons. The predicted octanol–water partition coefficient (Wildman–Crippen LogP) is 2.97. The van der Waals surface area contributed by atoms with Crippen molar-refractivity contribution in [3.63, 3.8) is 0 Å². The lowest BCUT2D eigenvalue weighted by Crippen LogP contribution is -2.12. The Bertz CT molecular complexity index is 347. The zero-order valence-electron chi connectivity index (χ0n) is 9.00. The van der Waals surface area contributed by atoms with Gasteiger partial charge in [0.1, 0.15) is 0 Å². The van der Waals surface area contributed by atoms with E-state index < -0.39 is 10.8 Å². The molecule has 0 amide bonds. The topological polar surface area (TPSA) is 43.1 Å². The summed E-state index contributed by atoms with van der Waals surface area (Å²) in [6, 6.07) is 5.36. The van der Waals surface area contributed by atoms with Crippen LogP contribution in [0, 0.1) is 0 Å². The van der Waals surface area contributed by atoms with Gasteiger partial charge in [0.2, 0.25) is 0 Å². The fourth-order valence-corrected chi connectivity index (χ4v) is 2.79. The van der Waals surface area contributed by atoms with Gasteiger partial charge in [-0.25, -0.2) is 0 Å². The van der Waals surface area contributed by atoms with Crippen molar-refractivity contribution >= 4 is 28.1 Å². The molecule has 0 aliphatic heterocycles. The highest BCUT2D eigenvalue weighted by Gasteiger charge is 2.13. The van der Waals surface area contributed by atoms with E-state index in [-0.39, 0.29) is 5.25 Å². The van der Waals surface area contributed by atoms with Gasteiger partial charge < -0.3 is 5.73 Å². The maximum atomic E-state index is 11.8. The Morgan fingerprint density at radius 1 is 1.53 bits per heavy atom. The molecule has 4 heteroatoms. The van der Waals surface area contributed by atoms with Crippen molar-refractivity contribution in [3.8, 4) is 0 Å². The van der Waals surface area contributed by atoms with Crippen LogP contribution in [-0.4, -0.2) is 9.46 Å². The van der Waals surface area contributed by atoms with Crippen molar-refractivity contribution in [2.24, 2.45) is 0 Å². The minimum atomic E-state index is -0.901. The summed E-state index contributed by atoms with van der Waals surface area (Å²) >= 11 is 6.01. The van der Waals surface area contributed by atoms with E-state index in [9.17, 15) is 4.21 Å². The van der Waals surface area contributed by atoms with Crippen molar-refractivity contribution < 1.29 is 4.21 Å². The van der Waals surface area contributed by atoms with Crippen molar-refractivity contribution in [1.29, 1.82) is 0 Å². The quantitative estimate of drug-likeness (QED) is 0.829. The first kappa shape index (κ1) is 12.5. The van der Waals surface area contributed by atoms with Crippen molar-refractivity contribution in [3.05, 3.63) is 28.8 Å². The lowest BCUT2D eigenvalue weighted by molar-refractivity contribution is 0.670. The average molecular weight is 246 g/mol. The maximum absolute atomic E-state index is 11.8. The third-order valence-electron chi connectivity index (χ3n) is 2.47. The summed E-state index contributed by atoms with van der Waals surface area (Å²) in [6.07, 6.45) is 0.900. The van der Waals surface area contributed by atoms with Crippen LogP contribution in [0.4, 0.5) is 5.69 Å². The SMILES string of the molecule is CCC(C)S(=O)Cc1c(N)cccc1Cl. The summed E-state index contributed by atoms with van der Waals surface area (Å²) in [6.45, 7) is 4.00. The number of nitrogens with two attached hydrogens (primary N) is 1. The molecule has 0 bridgehead atoms. The summed E-state index contributed by atoms with van der Waals surface area (Å²) in [5.74, 6) is 0.445. The van der Waals surface area contributed by atoms with E-state index in [1.165, 1.54) is 0 Å². The molecule has 0 saturated heterocycles. The summed E-state index contributed by atoms with van der Waals surface area (Å²) in [7, 11) is -0.901. The molecule has 0 aliphatic rings. The number of hydrogen-bond donors (Lipinski definition) is 1. The Kier molecular flexibility index (Phi) is 4.61. The maximum Gasteiger partial charge on any atom is 0.0523 e. The first-order chi connectivity index (χ1) is 7.06. The van der Waals surface area contributed by atoms with Gasteiger partial charge in [0.15, 0.2) is 0 Å². The second kappa shape index (κ2) is 5.52. The fourth-order valence-electron chi connectivity index (χ4n) is 1.20. The van der Waals surface area contributed by atoms with Crippen LogP contribution < -0.4 is 5.73 Å². The minimum absolute atomic E-state index is 0.181. The highest BCUT2D eigenvalue weighted by molar-refractivity contribution is 7.84. The van der Waals surface area contributed by atoms with Gasteiger partial charge in [0.25, 0.3) is 0 Å². The van der Waals surface area contributed by atoms with E-state index >= 15 is 0 Å². The van der Waals surface area contributed by atoms with Gasteiger partial charge in [-0.3, -0.25) is 4.21 Å². The van der Waals surface area contributed by atoms with Gasteiger partial charge in [0.05, 0.1) is 5.75 Å². The number of nitrogen functional groups attached to an aromatic ring is 1. The third-order valence-corrected chi connectivity index (χ3v) is 4.62. The molecule has 0 saturated carbocycles. The lowest BCUT2D eigenvalue weighted by Gasteiger charge is -2.11. The predicted molar refractivity (Wildman–Crippen MR) is 67.5 cm³/mol. The standard InChI is InChI=1S/C11H16ClNOS/c1-3-8(2)15(14)7-9-10(12)5-4-6-11(9)13/h4-6,8H,3,7,13H2,1-2H3. The van der Waals surface area contributed by atoms with Gasteiger partial charge in [-0.05, 0) is 18.6 Å². The minimum Gasteiger partial charge on any atom is -0.398 e. The zero-order chi connectivity index (χ0) is 11.4. The Hall–Kier alpha value is -0.540. The first-order valence-corrected chi connectivity index (χ1v) is 6.72. The molecule has 2 atom stereocenters. The summed E-state index contributed by atoms with van der Waals surface area (Å²) in [5, 5.41) is 0.785. The smallest absolute Gasteiger partial charge is 0.0523 e. The summed E-state index contributed by atoms with van der Waals surface area (Å²) < 4.78 is 11.8. The van der Waals surface area contributed by atoms with E-state index in [2.05, 4.69) is 0 Å². The monoisotopic (exact) mass is 245 g/mol. The Morgan fingerprint density at radius 2 is 2.20 bits per heavy atom. The normalized spacial score (nSPS) is 14.9. The van der Waals surface area contributed by atoms with Crippen LogP contribution in [0.5, 0.6) is 0 Å². The van der Waals surface area contributed by atoms with Crippen molar-refractivity contribution in [2.75, 3.05) is 5.73 Å². The molecule has 1 rings (SSSR count). The fraction of sp³-hybridized carbons (Fsp3) is 0.455. The first-order valence-electron chi connectivity index (χ1n) is 4.96. The largest absolute Gasteiger partial charge is 0.398 e. The van der Waals surface area contributed by atoms with Gasteiger partial charge in [0, 0.05) is 32.3 Å². The molecule has 0 heterocycles. The summed E-state index contributed by atoms with van der Waals surface area (Å²) in [4.78, 5) is 0. The van der Waals surface area contributed by atoms with Crippen molar-refractivity contribution in [2.45, 2.75) is 31.3 Å². The Labute approximate surface area is 98.3 Å². The van der Waals surface area contributed by atoms with Crippen LogP contribution in [0.15, 0.2) is 18.2 Å². The van der Waals surface area contributed by atoms with Gasteiger partial charge in [-0.2, -0.15) is 0 Å². The number of rotatable bonds is 4. The number of benzene rings is 1. The second-order valence-corrected chi connectivity index (χ2v) is 5.81. The average Bonchev–Trinajstić information content (AvgIpc) is 2.22. The highest BCUT2D eigenvalue weighted by Crippen LogP contribution is 2.24. The van der Waals surface area contributed by atoms with Gasteiger partial charge in [-0.1, -0.05) is 31.5 Å². The third kappa shape index (κ3) is 3.21. The van der Waals surface area contributed by atoms with Gasteiger partial charge >= 0.3 is 0 Å². The molecule has 2 unspecified atom stereocenters. The van der Waals surface area contributed by atoms with Crippen LogP contribution in [-0.2, 0) is 16.6 Å². The van der Waals surface area contributed by atoms with E-state index in [0.29, 0.717) is 16.5 Å². The molecule has 0 aromatic heterocycles. The van der Waals surface area contributed by atoms with E-state index in [4.69, 9.17) is 17.3 Å². The molecule has 1 aromatic carbocycles. The number of hydrogen-bond acceptors (Lipinski definition) is 2. The molecule has 1 aromatic rings. The van der Waals surface area contributed by atoms with Crippen molar-refractivity contribution in [1.82, 2.24) is 0 Å².